The number of hydrogen-bond acceptors (Lipinski definition) is 4. The Morgan fingerprint density at radius 3 is 2.61 bits per heavy atom. The summed E-state index contributed by atoms with van der Waals surface area (Å²) in [5.74, 6) is -0.398. The third-order valence-electron chi connectivity index (χ3n) is 8.18. The first-order chi connectivity index (χ1) is 18.2. The molecule has 0 radical (unpaired) electrons. The van der Waals surface area contributed by atoms with Gasteiger partial charge < -0.3 is 14.8 Å². The normalized spacial score (nSPS) is 23.5. The van der Waals surface area contributed by atoms with Crippen molar-refractivity contribution in [2.45, 2.75) is 70.6 Å². The lowest BCUT2D eigenvalue weighted by Gasteiger charge is -2.34. The average molecular weight is 546 g/mol. The zero-order valence-electron chi connectivity index (χ0n) is 21.3. The van der Waals surface area contributed by atoms with Gasteiger partial charge in [0.05, 0.1) is 17.2 Å². The molecule has 0 spiro atoms. The van der Waals surface area contributed by atoms with Crippen molar-refractivity contribution < 1.29 is 23.0 Å². The number of pyridine rings is 1. The van der Waals surface area contributed by atoms with Crippen LogP contribution in [0.2, 0.25) is 5.02 Å². The van der Waals surface area contributed by atoms with Crippen molar-refractivity contribution in [3.8, 4) is 5.75 Å². The Morgan fingerprint density at radius 2 is 1.92 bits per heavy atom. The molecule has 1 aliphatic heterocycles. The van der Waals surface area contributed by atoms with Gasteiger partial charge in [-0.05, 0) is 73.3 Å². The molecule has 1 saturated carbocycles. The lowest BCUT2D eigenvalue weighted by Crippen LogP contribution is -2.30. The standard InChI is InChI=1S/C29H31ClF3N3O2/c1-15(17-3-6-20(37)7-4-17)24-9-5-18(12-34-24)19-11-21-22(14-36-28(21)35-13-19)16(2)26-25(38-29(32)33)10-8-23(31)27(26)30/h5,8,10-17,20,24,29,37H,3-4,6-7,9H2,1-2H3,(H,35,36)/t15?,16-,17?,20?,24?/m0/s1. The number of rotatable bonds is 7. The molecule has 2 aliphatic rings. The van der Waals surface area contributed by atoms with Gasteiger partial charge in [0.2, 0.25) is 0 Å². The molecular weight excluding hydrogens is 515 g/mol. The van der Waals surface area contributed by atoms with Crippen LogP contribution >= 0.6 is 11.6 Å². The molecule has 3 atom stereocenters. The minimum absolute atomic E-state index is 0.156. The lowest BCUT2D eigenvalue weighted by molar-refractivity contribution is -0.0505. The molecular formula is C29H31ClF3N3O2. The van der Waals surface area contributed by atoms with Gasteiger partial charge in [-0.25, -0.2) is 9.37 Å². The third kappa shape index (κ3) is 5.34. The molecule has 0 bridgehead atoms. The number of aromatic amines is 1. The second-order valence-corrected chi connectivity index (χ2v) is 10.8. The first-order valence-corrected chi connectivity index (χ1v) is 13.4. The Labute approximate surface area is 224 Å². The summed E-state index contributed by atoms with van der Waals surface area (Å²) in [4.78, 5) is 12.6. The molecule has 2 N–H and O–H groups in total. The first kappa shape index (κ1) is 26.8. The molecule has 1 aliphatic carbocycles. The van der Waals surface area contributed by atoms with E-state index in [1.54, 1.807) is 19.3 Å². The van der Waals surface area contributed by atoms with E-state index in [1.807, 2.05) is 12.3 Å². The minimum atomic E-state index is -3.06. The van der Waals surface area contributed by atoms with Gasteiger partial charge in [0, 0.05) is 41.0 Å². The summed E-state index contributed by atoms with van der Waals surface area (Å²) >= 11 is 6.24. The maximum Gasteiger partial charge on any atom is 0.387 e. The summed E-state index contributed by atoms with van der Waals surface area (Å²) in [5.41, 5.74) is 3.37. The van der Waals surface area contributed by atoms with Crippen LogP contribution in [0.3, 0.4) is 0 Å². The van der Waals surface area contributed by atoms with E-state index in [0.29, 0.717) is 17.5 Å². The second-order valence-electron chi connectivity index (χ2n) is 10.4. The highest BCUT2D eigenvalue weighted by atomic mass is 35.5. The third-order valence-corrected chi connectivity index (χ3v) is 8.56. The van der Waals surface area contributed by atoms with Crippen LogP contribution in [-0.4, -0.2) is 40.0 Å². The number of aliphatic imine (C=N–C) groups is 1. The van der Waals surface area contributed by atoms with Crippen LogP contribution in [-0.2, 0) is 0 Å². The van der Waals surface area contributed by atoms with Crippen molar-refractivity contribution in [1.29, 1.82) is 0 Å². The van der Waals surface area contributed by atoms with Crippen molar-refractivity contribution in [2.24, 2.45) is 16.8 Å². The van der Waals surface area contributed by atoms with E-state index < -0.39 is 18.3 Å². The van der Waals surface area contributed by atoms with Crippen LogP contribution in [0.15, 0.2) is 41.7 Å². The quantitative estimate of drug-likeness (QED) is 0.322. The number of aliphatic hydroxyl groups excluding tert-OH is 1. The Balaban J connectivity index is 1.40. The van der Waals surface area contributed by atoms with Crippen LogP contribution < -0.4 is 4.74 Å². The Hall–Kier alpha value is -2.84. The van der Waals surface area contributed by atoms with Crippen molar-refractivity contribution in [3.05, 3.63) is 64.2 Å². The molecule has 1 aromatic carbocycles. The summed E-state index contributed by atoms with van der Waals surface area (Å²) in [7, 11) is 0. The summed E-state index contributed by atoms with van der Waals surface area (Å²) in [6.45, 7) is 0.965. The number of nitrogens with one attached hydrogen (secondary N) is 1. The Morgan fingerprint density at radius 1 is 1.16 bits per heavy atom. The van der Waals surface area contributed by atoms with E-state index >= 15 is 0 Å². The van der Waals surface area contributed by atoms with Gasteiger partial charge in [0.1, 0.15) is 17.2 Å². The van der Waals surface area contributed by atoms with Gasteiger partial charge >= 0.3 is 6.61 Å². The lowest BCUT2D eigenvalue weighted by atomic mass is 9.75. The molecule has 2 aromatic heterocycles. The molecule has 5 nitrogen and oxygen atoms in total. The Bertz CT molecular complexity index is 1360. The number of nitrogens with zero attached hydrogens (tertiary/aromatic N) is 2. The highest BCUT2D eigenvalue weighted by Crippen LogP contribution is 2.41. The summed E-state index contributed by atoms with van der Waals surface area (Å²) < 4.78 is 45.1. The van der Waals surface area contributed by atoms with Gasteiger partial charge in [-0.15, -0.1) is 0 Å². The number of aromatic nitrogens is 2. The van der Waals surface area contributed by atoms with E-state index in [9.17, 15) is 18.3 Å². The van der Waals surface area contributed by atoms with Crippen LogP contribution in [0.5, 0.6) is 5.75 Å². The molecule has 2 unspecified atom stereocenters. The van der Waals surface area contributed by atoms with E-state index in [-0.39, 0.29) is 28.5 Å². The second kappa shape index (κ2) is 11.1. The van der Waals surface area contributed by atoms with Crippen LogP contribution in [0.4, 0.5) is 13.2 Å². The number of aliphatic hydroxyl groups is 1. The van der Waals surface area contributed by atoms with Gasteiger partial charge in [0.15, 0.2) is 0 Å². The topological polar surface area (TPSA) is 70.5 Å². The molecule has 5 rings (SSSR count). The van der Waals surface area contributed by atoms with Gasteiger partial charge in [-0.3, -0.25) is 4.99 Å². The van der Waals surface area contributed by atoms with Gasteiger partial charge in [-0.2, -0.15) is 8.78 Å². The van der Waals surface area contributed by atoms with Crippen molar-refractivity contribution >= 4 is 34.4 Å². The SMILES string of the molecule is CC(C1CCC(O)CC1)C1CC=C(c2cnc3[nH]cc([C@H](C)c4c(OC(F)F)ccc(F)c4Cl)c3c2)C=N1. The average Bonchev–Trinajstić information content (AvgIpc) is 3.34. The highest BCUT2D eigenvalue weighted by Gasteiger charge is 2.30. The minimum Gasteiger partial charge on any atom is -0.434 e. The molecule has 202 valence electrons. The van der Waals surface area contributed by atoms with Crippen LogP contribution in [0.1, 0.15) is 68.6 Å². The summed E-state index contributed by atoms with van der Waals surface area (Å²) in [6.07, 6.45) is 12.1. The maximum absolute atomic E-state index is 14.3. The van der Waals surface area contributed by atoms with E-state index in [4.69, 9.17) is 16.6 Å². The van der Waals surface area contributed by atoms with Crippen molar-refractivity contribution in [3.63, 3.8) is 0 Å². The molecule has 38 heavy (non-hydrogen) atoms. The number of dihydropyridines is 1. The van der Waals surface area contributed by atoms with Gasteiger partial charge in [0.25, 0.3) is 0 Å². The van der Waals surface area contributed by atoms with Crippen molar-refractivity contribution in [1.82, 2.24) is 9.97 Å². The zero-order valence-corrected chi connectivity index (χ0v) is 22.1. The van der Waals surface area contributed by atoms with Crippen LogP contribution in [0, 0.1) is 17.7 Å². The predicted octanol–water partition coefficient (Wildman–Crippen LogP) is 7.52. The fraction of sp³-hybridized carbons (Fsp3) is 0.448. The van der Waals surface area contributed by atoms with E-state index in [2.05, 4.69) is 27.7 Å². The number of hydrogen-bond donors (Lipinski definition) is 2. The number of alkyl halides is 2. The van der Waals surface area contributed by atoms with E-state index in [1.165, 1.54) is 6.07 Å². The maximum atomic E-state index is 14.3. The van der Waals surface area contributed by atoms with Crippen LogP contribution in [0.25, 0.3) is 16.6 Å². The predicted molar refractivity (Wildman–Crippen MR) is 144 cm³/mol. The fourth-order valence-electron chi connectivity index (χ4n) is 5.87. The number of ether oxygens (including phenoxy) is 1. The number of benzene rings is 1. The molecule has 3 heterocycles. The molecule has 9 heteroatoms. The molecule has 3 aromatic rings. The largest absolute Gasteiger partial charge is 0.434 e. The zero-order chi connectivity index (χ0) is 27.0. The molecule has 1 fully saturated rings. The first-order valence-electron chi connectivity index (χ1n) is 13.0. The molecule has 0 amide bonds. The fourth-order valence-corrected chi connectivity index (χ4v) is 6.19. The number of fused-ring (bicyclic) bond motifs is 1. The highest BCUT2D eigenvalue weighted by molar-refractivity contribution is 6.31. The smallest absolute Gasteiger partial charge is 0.387 e. The van der Waals surface area contributed by atoms with E-state index in [0.717, 1.165) is 60.3 Å². The monoisotopic (exact) mass is 545 g/mol. The number of halogens is 4. The number of allylic oxidation sites excluding steroid dienone is 1. The summed E-state index contributed by atoms with van der Waals surface area (Å²) in [6, 6.07) is 4.39. The summed E-state index contributed by atoms with van der Waals surface area (Å²) in [5, 5.41) is 10.4. The van der Waals surface area contributed by atoms with Crippen molar-refractivity contribution in [2.75, 3.05) is 0 Å². The Kier molecular flexibility index (Phi) is 7.82. The van der Waals surface area contributed by atoms with Gasteiger partial charge in [-0.1, -0.05) is 31.5 Å². The molecule has 0 saturated heterocycles. The number of H-pyrrole nitrogens is 1.